The molecule has 4 aliphatic carbocycles. The topological polar surface area (TPSA) is 69.7 Å². The third kappa shape index (κ3) is 6.30. The van der Waals surface area contributed by atoms with E-state index >= 15 is 0 Å². The Labute approximate surface area is 232 Å². The van der Waals surface area contributed by atoms with Gasteiger partial charge < -0.3 is 9.53 Å². The minimum atomic E-state index is -1.99. The van der Waals surface area contributed by atoms with Gasteiger partial charge in [0.2, 0.25) is 0 Å². The van der Waals surface area contributed by atoms with Crippen molar-refractivity contribution < 1.29 is 23.4 Å². The lowest BCUT2D eigenvalue weighted by molar-refractivity contribution is -0.151. The van der Waals surface area contributed by atoms with Gasteiger partial charge >= 0.3 is 14.0 Å². The number of carbonyl (C=O) groups is 2. The first-order chi connectivity index (χ1) is 18.1. The first kappa shape index (κ1) is 29.9. The Hall–Kier alpha value is -1.06. The Morgan fingerprint density at radius 2 is 1.89 bits per heavy atom. The van der Waals surface area contributed by atoms with E-state index in [1.54, 1.807) is 0 Å². The molecule has 0 aromatic carbocycles. The first-order valence-electron chi connectivity index (χ1n) is 15.5. The molecule has 0 spiro atoms. The Kier molecular flexibility index (Phi) is 9.94. The number of hydrogen-bond donors (Lipinski definition) is 0. The maximum Gasteiger partial charge on any atom is 0.509 e. The lowest BCUT2D eigenvalue weighted by atomic mass is 9.47. The molecule has 9 atom stereocenters. The van der Waals surface area contributed by atoms with E-state index < -0.39 is 8.03 Å². The van der Waals surface area contributed by atoms with E-state index in [0.29, 0.717) is 11.7 Å². The predicted molar refractivity (Wildman–Crippen MR) is 152 cm³/mol. The van der Waals surface area contributed by atoms with Crippen molar-refractivity contribution in [3.8, 4) is 0 Å². The molecule has 0 bridgehead atoms. The summed E-state index contributed by atoms with van der Waals surface area (Å²) in [5.41, 5.74) is 2.26. The number of rotatable bonds is 12. The molecule has 0 aliphatic heterocycles. The number of ether oxygens (including phenoxy) is 1. The molecule has 4 aliphatic rings. The van der Waals surface area contributed by atoms with Crippen molar-refractivity contribution in [3.63, 3.8) is 0 Å². The van der Waals surface area contributed by atoms with Gasteiger partial charge in [0, 0.05) is 6.42 Å². The van der Waals surface area contributed by atoms with Crippen molar-refractivity contribution in [2.24, 2.45) is 46.3 Å². The van der Waals surface area contributed by atoms with E-state index in [9.17, 15) is 14.2 Å². The SMILES string of the molecule is CC(C)CCC[C@@H](C)[C@H]1CC[C@H]2[C@@H]3CC=C4C[C@@H](OC(=O)CC[P+](=O)OCC=O)CC[C@]4(C)[C@H]3CC[C@]12C. The van der Waals surface area contributed by atoms with Crippen LogP contribution in [-0.2, 0) is 23.4 Å². The average molecular weight is 548 g/mol. The summed E-state index contributed by atoms with van der Waals surface area (Å²) < 4.78 is 22.4. The third-order valence-corrected chi connectivity index (χ3v) is 12.4. The third-order valence-electron chi connectivity index (χ3n) is 11.3. The molecule has 3 fully saturated rings. The molecule has 1 unspecified atom stereocenters. The average Bonchev–Trinajstić information content (AvgIpc) is 3.23. The fourth-order valence-corrected chi connectivity index (χ4v) is 10.1. The summed E-state index contributed by atoms with van der Waals surface area (Å²) in [4.78, 5) is 22.8. The number of hydrogen-bond acceptors (Lipinski definition) is 5. The minimum absolute atomic E-state index is 0.0723. The van der Waals surface area contributed by atoms with Crippen LogP contribution in [0.25, 0.3) is 0 Å². The summed E-state index contributed by atoms with van der Waals surface area (Å²) in [5.74, 6) is 4.64. The molecule has 5 nitrogen and oxygen atoms in total. The lowest BCUT2D eigenvalue weighted by Gasteiger charge is -2.58. The van der Waals surface area contributed by atoms with Crippen LogP contribution in [0.4, 0.5) is 0 Å². The molecule has 0 N–H and O–H groups in total. The fourth-order valence-electron chi connectivity index (χ4n) is 9.36. The highest BCUT2D eigenvalue weighted by Crippen LogP contribution is 2.67. The summed E-state index contributed by atoms with van der Waals surface area (Å²) in [6.45, 7) is 12.2. The van der Waals surface area contributed by atoms with Crippen LogP contribution in [-0.4, -0.2) is 31.1 Å². The maximum absolute atomic E-state index is 12.4. The molecule has 0 amide bonds. The van der Waals surface area contributed by atoms with E-state index in [2.05, 4.69) is 40.7 Å². The summed E-state index contributed by atoms with van der Waals surface area (Å²) in [6.07, 6.45) is 16.9. The molecule has 0 saturated heterocycles. The second kappa shape index (κ2) is 12.6. The Balaban J connectivity index is 1.35. The Bertz CT molecular complexity index is 898. The summed E-state index contributed by atoms with van der Waals surface area (Å²) in [6, 6.07) is 0. The molecular formula is C32H52O5P+. The fraction of sp³-hybridized carbons (Fsp3) is 0.875. The van der Waals surface area contributed by atoms with Gasteiger partial charge in [-0.1, -0.05) is 65.5 Å². The van der Waals surface area contributed by atoms with Crippen molar-refractivity contribution in [3.05, 3.63) is 11.6 Å². The molecule has 0 aromatic rings. The van der Waals surface area contributed by atoms with Crippen molar-refractivity contribution in [1.82, 2.24) is 0 Å². The summed E-state index contributed by atoms with van der Waals surface area (Å²) in [7, 11) is -1.99. The van der Waals surface area contributed by atoms with Crippen LogP contribution in [0.1, 0.15) is 112 Å². The number of esters is 1. The molecular weight excluding hydrogens is 495 g/mol. The van der Waals surface area contributed by atoms with Crippen LogP contribution in [0.15, 0.2) is 11.6 Å². The normalized spacial score (nSPS) is 37.5. The van der Waals surface area contributed by atoms with E-state index in [4.69, 9.17) is 9.26 Å². The van der Waals surface area contributed by atoms with Gasteiger partial charge in [-0.2, -0.15) is 0 Å². The number of aldehydes is 1. The zero-order valence-electron chi connectivity index (χ0n) is 24.6. The largest absolute Gasteiger partial charge is 0.509 e. The number of allylic oxidation sites excluding steroid dienone is 1. The van der Waals surface area contributed by atoms with Gasteiger partial charge in [0.25, 0.3) is 0 Å². The van der Waals surface area contributed by atoms with Gasteiger partial charge in [-0.3, -0.25) is 4.79 Å². The molecule has 3 saturated carbocycles. The second-order valence-electron chi connectivity index (χ2n) is 13.9. The number of fused-ring (bicyclic) bond motifs is 5. The zero-order chi connectivity index (χ0) is 27.5. The summed E-state index contributed by atoms with van der Waals surface area (Å²) in [5, 5.41) is 0. The van der Waals surface area contributed by atoms with Gasteiger partial charge in [0.1, 0.15) is 6.10 Å². The smallest absolute Gasteiger partial charge is 0.462 e. The molecule has 38 heavy (non-hydrogen) atoms. The van der Waals surface area contributed by atoms with Crippen molar-refractivity contribution in [2.75, 3.05) is 12.8 Å². The number of carbonyl (C=O) groups excluding carboxylic acids is 2. The van der Waals surface area contributed by atoms with E-state index in [0.717, 1.165) is 54.8 Å². The van der Waals surface area contributed by atoms with Crippen molar-refractivity contribution in [2.45, 2.75) is 118 Å². The van der Waals surface area contributed by atoms with Gasteiger partial charge in [0.15, 0.2) is 19.1 Å². The molecule has 214 valence electrons. The highest BCUT2D eigenvalue weighted by molar-refractivity contribution is 7.39. The van der Waals surface area contributed by atoms with Crippen LogP contribution in [0.2, 0.25) is 0 Å². The molecule has 0 radical (unpaired) electrons. The second-order valence-corrected chi connectivity index (χ2v) is 15.3. The summed E-state index contributed by atoms with van der Waals surface area (Å²) >= 11 is 0. The monoisotopic (exact) mass is 547 g/mol. The van der Waals surface area contributed by atoms with E-state index in [1.165, 1.54) is 56.9 Å². The van der Waals surface area contributed by atoms with E-state index in [-0.39, 0.29) is 36.7 Å². The quantitative estimate of drug-likeness (QED) is 0.106. The zero-order valence-corrected chi connectivity index (χ0v) is 25.5. The highest BCUT2D eigenvalue weighted by Gasteiger charge is 2.59. The Morgan fingerprint density at radius 1 is 1.11 bits per heavy atom. The standard InChI is InChI=1S/C32H52O5P/c1-22(2)7-6-8-23(3)27-11-12-28-26-10-9-24-21-25(37-30(34)15-20-38(35)36-19-18-33)13-16-31(24,4)29(26)14-17-32(27,28)5/h9,18,22-23,25-29H,6-8,10-17,19-21H2,1-5H3/q+1/t23-,25+,26+,27-,28+,29+,31+,32-/m1/s1. The Morgan fingerprint density at radius 3 is 2.63 bits per heavy atom. The van der Waals surface area contributed by atoms with Crippen LogP contribution in [0.3, 0.4) is 0 Å². The minimum Gasteiger partial charge on any atom is -0.462 e. The first-order valence-corrected chi connectivity index (χ1v) is 16.8. The van der Waals surface area contributed by atoms with Crippen LogP contribution in [0.5, 0.6) is 0 Å². The highest BCUT2D eigenvalue weighted by atomic mass is 31.1. The van der Waals surface area contributed by atoms with E-state index in [1.807, 2.05) is 0 Å². The van der Waals surface area contributed by atoms with Gasteiger partial charge in [-0.15, -0.1) is 4.52 Å². The predicted octanol–water partition coefficient (Wildman–Crippen LogP) is 8.29. The lowest BCUT2D eigenvalue weighted by Crippen LogP contribution is -2.51. The van der Waals surface area contributed by atoms with Crippen LogP contribution in [0, 0.1) is 46.3 Å². The molecule has 0 aromatic heterocycles. The maximum atomic E-state index is 12.4. The van der Waals surface area contributed by atoms with Crippen molar-refractivity contribution >= 4 is 20.3 Å². The molecule has 0 heterocycles. The van der Waals surface area contributed by atoms with Crippen molar-refractivity contribution in [1.29, 1.82) is 0 Å². The molecule has 4 rings (SSSR count). The molecule has 6 heteroatoms. The van der Waals surface area contributed by atoms with Gasteiger partial charge in [0.05, 0.1) is 6.42 Å². The van der Waals surface area contributed by atoms with Crippen LogP contribution >= 0.6 is 8.03 Å². The van der Waals surface area contributed by atoms with Gasteiger partial charge in [-0.05, 0) is 95.8 Å². The van der Waals surface area contributed by atoms with Gasteiger partial charge in [-0.25, -0.2) is 0 Å². The van der Waals surface area contributed by atoms with Crippen LogP contribution < -0.4 is 0 Å².